The first-order valence-electron chi connectivity index (χ1n) is 7.11. The molecule has 114 valence electrons. The van der Waals surface area contributed by atoms with Gasteiger partial charge in [0, 0.05) is 6.54 Å². The summed E-state index contributed by atoms with van der Waals surface area (Å²) < 4.78 is 0. The lowest BCUT2D eigenvalue weighted by Crippen LogP contribution is -2.51. The van der Waals surface area contributed by atoms with Crippen LogP contribution in [0.3, 0.4) is 0 Å². The van der Waals surface area contributed by atoms with Gasteiger partial charge in [-0.25, -0.2) is 0 Å². The van der Waals surface area contributed by atoms with Gasteiger partial charge in [0.15, 0.2) is 0 Å². The molecule has 1 heterocycles. The second kappa shape index (κ2) is 6.94. The van der Waals surface area contributed by atoms with Crippen LogP contribution in [0.5, 0.6) is 0 Å². The predicted molar refractivity (Wildman–Crippen MR) is 81.8 cm³/mol. The van der Waals surface area contributed by atoms with Crippen LogP contribution in [-0.4, -0.2) is 24.2 Å². The van der Waals surface area contributed by atoms with Crippen molar-refractivity contribution in [1.29, 1.82) is 0 Å². The maximum Gasteiger partial charge on any atom is 0.310 e. The summed E-state index contributed by atoms with van der Waals surface area (Å²) in [7, 11) is 0. The van der Waals surface area contributed by atoms with Crippen LogP contribution >= 0.6 is 12.4 Å². The molecule has 0 amide bonds. The maximum absolute atomic E-state index is 11.7. The summed E-state index contributed by atoms with van der Waals surface area (Å²) in [4.78, 5) is 11.7. The predicted octanol–water partition coefficient (Wildman–Crippen LogP) is 3.57. The molecule has 4 heteroatoms. The molecule has 0 aromatic heterocycles. The molecule has 1 aliphatic rings. The van der Waals surface area contributed by atoms with E-state index in [-0.39, 0.29) is 17.8 Å². The van der Waals surface area contributed by atoms with E-state index >= 15 is 0 Å². The summed E-state index contributed by atoms with van der Waals surface area (Å²) in [6, 6.07) is 0. The largest absolute Gasteiger partial charge is 0.481 e. The van der Waals surface area contributed by atoms with Crippen LogP contribution in [-0.2, 0) is 4.79 Å². The number of hydrogen-bond donors (Lipinski definition) is 2. The Morgan fingerprint density at radius 2 is 2.00 bits per heavy atom. The molecule has 1 aliphatic heterocycles. The van der Waals surface area contributed by atoms with Crippen molar-refractivity contribution in [3.8, 4) is 0 Å². The highest BCUT2D eigenvalue weighted by Crippen LogP contribution is 2.41. The topological polar surface area (TPSA) is 49.3 Å². The Hall–Kier alpha value is -0.280. The normalized spacial score (nSPS) is 28.0. The summed E-state index contributed by atoms with van der Waals surface area (Å²) in [5.41, 5.74) is -0.383. The van der Waals surface area contributed by atoms with Gasteiger partial charge in [-0.1, -0.05) is 34.6 Å². The average Bonchev–Trinajstić information content (AvgIpc) is 2.25. The van der Waals surface area contributed by atoms with E-state index in [1.54, 1.807) is 0 Å². The van der Waals surface area contributed by atoms with Gasteiger partial charge in [-0.15, -0.1) is 12.4 Å². The molecule has 3 nitrogen and oxygen atoms in total. The highest BCUT2D eigenvalue weighted by Gasteiger charge is 2.45. The zero-order chi connectivity index (χ0) is 14.0. The number of carbonyl (C=O) groups is 1. The third-order valence-corrected chi connectivity index (χ3v) is 4.37. The third-order valence-electron chi connectivity index (χ3n) is 4.37. The molecule has 0 saturated carbocycles. The van der Waals surface area contributed by atoms with Crippen molar-refractivity contribution >= 4 is 18.4 Å². The summed E-state index contributed by atoms with van der Waals surface area (Å²) in [6.07, 6.45) is 2.59. The van der Waals surface area contributed by atoms with E-state index < -0.39 is 11.4 Å². The van der Waals surface area contributed by atoms with Crippen LogP contribution in [0.25, 0.3) is 0 Å². The molecule has 1 rings (SSSR count). The van der Waals surface area contributed by atoms with Crippen molar-refractivity contribution in [3.05, 3.63) is 0 Å². The Balaban J connectivity index is 0.00000324. The van der Waals surface area contributed by atoms with E-state index in [4.69, 9.17) is 0 Å². The van der Waals surface area contributed by atoms with Crippen molar-refractivity contribution in [1.82, 2.24) is 5.32 Å². The summed E-state index contributed by atoms with van der Waals surface area (Å²) in [6.45, 7) is 12.5. The zero-order valence-electron chi connectivity index (χ0n) is 13.0. The van der Waals surface area contributed by atoms with E-state index in [1.165, 1.54) is 0 Å². The van der Waals surface area contributed by atoms with E-state index in [9.17, 15) is 9.90 Å². The molecule has 0 aromatic rings. The van der Waals surface area contributed by atoms with Gasteiger partial charge in [0.25, 0.3) is 0 Å². The van der Waals surface area contributed by atoms with Crippen LogP contribution < -0.4 is 5.32 Å². The molecule has 0 aliphatic carbocycles. The van der Waals surface area contributed by atoms with Crippen molar-refractivity contribution in [2.45, 2.75) is 53.9 Å². The van der Waals surface area contributed by atoms with Crippen LogP contribution in [0, 0.1) is 22.7 Å². The maximum atomic E-state index is 11.7. The number of halogens is 1. The van der Waals surface area contributed by atoms with E-state index in [0.717, 1.165) is 25.8 Å². The van der Waals surface area contributed by atoms with Gasteiger partial charge in [-0.3, -0.25) is 4.79 Å². The molecule has 2 atom stereocenters. The zero-order valence-corrected chi connectivity index (χ0v) is 13.8. The minimum atomic E-state index is -0.621. The van der Waals surface area contributed by atoms with Crippen LogP contribution in [0.2, 0.25) is 0 Å². The molecular formula is C15H30ClNO2. The monoisotopic (exact) mass is 291 g/mol. The molecule has 0 bridgehead atoms. The molecule has 0 aromatic carbocycles. The van der Waals surface area contributed by atoms with Crippen LogP contribution in [0.15, 0.2) is 0 Å². The SMILES string of the molecule is CC(C)CC[C@]1(C(=O)O)CNC[C@H](C(C)(C)C)C1.Cl. The fraction of sp³-hybridized carbons (Fsp3) is 0.933. The molecule has 2 N–H and O–H groups in total. The Morgan fingerprint density at radius 3 is 2.42 bits per heavy atom. The molecule has 1 saturated heterocycles. The summed E-state index contributed by atoms with van der Waals surface area (Å²) in [5.74, 6) is 0.385. The fourth-order valence-corrected chi connectivity index (χ4v) is 2.74. The number of rotatable bonds is 4. The number of hydrogen-bond acceptors (Lipinski definition) is 2. The molecule has 19 heavy (non-hydrogen) atoms. The number of piperidine rings is 1. The Labute approximate surface area is 124 Å². The first-order valence-corrected chi connectivity index (χ1v) is 7.11. The van der Waals surface area contributed by atoms with Gasteiger partial charge in [-0.2, -0.15) is 0 Å². The Kier molecular flexibility index (Phi) is 6.84. The van der Waals surface area contributed by atoms with Gasteiger partial charge < -0.3 is 10.4 Å². The lowest BCUT2D eigenvalue weighted by Gasteiger charge is -2.43. The van der Waals surface area contributed by atoms with Crippen molar-refractivity contribution in [2.24, 2.45) is 22.7 Å². The van der Waals surface area contributed by atoms with Crippen LogP contribution in [0.1, 0.15) is 53.9 Å². The second-order valence-electron chi connectivity index (χ2n) is 7.42. The second-order valence-corrected chi connectivity index (χ2v) is 7.42. The number of carboxylic acid groups (broad SMARTS) is 1. The Morgan fingerprint density at radius 1 is 1.42 bits per heavy atom. The third kappa shape index (κ3) is 4.96. The van der Waals surface area contributed by atoms with Crippen molar-refractivity contribution in [3.63, 3.8) is 0 Å². The smallest absolute Gasteiger partial charge is 0.310 e. The van der Waals surface area contributed by atoms with E-state index in [0.29, 0.717) is 18.4 Å². The van der Waals surface area contributed by atoms with E-state index in [1.807, 2.05) is 0 Å². The lowest BCUT2D eigenvalue weighted by molar-refractivity contribution is -0.152. The summed E-state index contributed by atoms with van der Waals surface area (Å²) in [5, 5.41) is 13.0. The minimum absolute atomic E-state index is 0. The number of aliphatic carboxylic acids is 1. The lowest BCUT2D eigenvalue weighted by atomic mass is 9.65. The average molecular weight is 292 g/mol. The molecule has 0 unspecified atom stereocenters. The van der Waals surface area contributed by atoms with E-state index in [2.05, 4.69) is 39.9 Å². The van der Waals surface area contributed by atoms with Gasteiger partial charge >= 0.3 is 5.97 Å². The van der Waals surface area contributed by atoms with Gasteiger partial charge in [-0.05, 0) is 43.1 Å². The Bertz CT molecular complexity index is 299. The fourth-order valence-electron chi connectivity index (χ4n) is 2.74. The quantitative estimate of drug-likeness (QED) is 0.832. The minimum Gasteiger partial charge on any atom is -0.481 e. The highest BCUT2D eigenvalue weighted by molar-refractivity contribution is 5.85. The number of nitrogens with one attached hydrogen (secondary N) is 1. The highest BCUT2D eigenvalue weighted by atomic mass is 35.5. The van der Waals surface area contributed by atoms with Crippen LogP contribution in [0.4, 0.5) is 0 Å². The van der Waals surface area contributed by atoms with Crippen molar-refractivity contribution in [2.75, 3.05) is 13.1 Å². The molecular weight excluding hydrogens is 262 g/mol. The number of carboxylic acids is 1. The molecule has 0 spiro atoms. The standard InChI is InChI=1S/C15H29NO2.ClH/c1-11(2)6-7-15(13(17)18)8-12(9-16-10-15)14(3,4)5;/h11-12,16H,6-10H2,1-5H3,(H,17,18);1H/t12-,15-;/m1./s1. The summed E-state index contributed by atoms with van der Waals surface area (Å²) >= 11 is 0. The van der Waals surface area contributed by atoms with Crippen molar-refractivity contribution < 1.29 is 9.90 Å². The van der Waals surface area contributed by atoms with Gasteiger partial charge in [0.05, 0.1) is 5.41 Å². The molecule has 0 radical (unpaired) electrons. The first-order chi connectivity index (χ1) is 8.17. The van der Waals surface area contributed by atoms with Gasteiger partial charge in [0.1, 0.15) is 0 Å². The molecule has 1 fully saturated rings. The van der Waals surface area contributed by atoms with Gasteiger partial charge in [0.2, 0.25) is 0 Å². The first kappa shape index (κ1) is 18.7.